The van der Waals surface area contributed by atoms with Gasteiger partial charge in [-0.05, 0) is 55.7 Å². The third-order valence-electron chi connectivity index (χ3n) is 5.25. The quantitative estimate of drug-likeness (QED) is 0.849. The molecule has 0 bridgehead atoms. The molecule has 1 unspecified atom stereocenters. The average Bonchev–Trinajstić information content (AvgIpc) is 2.69. The number of benzene rings is 2. The highest BCUT2D eigenvalue weighted by Crippen LogP contribution is 2.31. The van der Waals surface area contributed by atoms with Gasteiger partial charge in [-0.3, -0.25) is 9.59 Å². The van der Waals surface area contributed by atoms with Crippen LogP contribution >= 0.6 is 0 Å². The van der Waals surface area contributed by atoms with Crippen LogP contribution in [0.2, 0.25) is 0 Å². The summed E-state index contributed by atoms with van der Waals surface area (Å²) in [4.78, 5) is 27.3. The van der Waals surface area contributed by atoms with Crippen LogP contribution in [-0.2, 0) is 0 Å². The molecule has 0 aliphatic carbocycles. The molecule has 28 heavy (non-hydrogen) atoms. The molecule has 4 rings (SSSR count). The van der Waals surface area contributed by atoms with Crippen molar-refractivity contribution < 1.29 is 23.1 Å². The number of rotatable bonds is 2. The molecule has 5 nitrogen and oxygen atoms in total. The second kappa shape index (κ2) is 7.58. The molecule has 0 aromatic heterocycles. The number of anilines is 1. The molecule has 2 aliphatic rings. The minimum atomic E-state index is -1.09. The van der Waals surface area contributed by atoms with Crippen molar-refractivity contribution in [2.45, 2.75) is 31.7 Å². The fraction of sp³-hybridized carbons (Fsp3) is 0.333. The molecule has 1 saturated heterocycles. The largest absolute Gasteiger partial charge is 0.493 e. The monoisotopic (exact) mass is 386 g/mol. The normalized spacial score (nSPS) is 19.0. The van der Waals surface area contributed by atoms with Crippen molar-refractivity contribution in [2.75, 3.05) is 18.5 Å². The van der Waals surface area contributed by atoms with Crippen LogP contribution < -0.4 is 10.1 Å². The van der Waals surface area contributed by atoms with E-state index in [1.165, 1.54) is 6.07 Å². The van der Waals surface area contributed by atoms with E-state index >= 15 is 0 Å². The van der Waals surface area contributed by atoms with E-state index in [-0.39, 0.29) is 17.5 Å². The van der Waals surface area contributed by atoms with Gasteiger partial charge in [0.2, 0.25) is 0 Å². The van der Waals surface area contributed by atoms with Gasteiger partial charge in [0.05, 0.1) is 12.2 Å². The van der Waals surface area contributed by atoms with Crippen LogP contribution in [0.5, 0.6) is 5.75 Å². The van der Waals surface area contributed by atoms with Crippen molar-refractivity contribution in [3.8, 4) is 5.75 Å². The summed E-state index contributed by atoms with van der Waals surface area (Å²) in [7, 11) is 0. The summed E-state index contributed by atoms with van der Waals surface area (Å²) in [5.41, 5.74) is 0.776. The molecular weight excluding hydrogens is 366 g/mol. The molecule has 2 aromatic rings. The molecule has 0 spiro atoms. The van der Waals surface area contributed by atoms with Gasteiger partial charge in [-0.25, -0.2) is 8.78 Å². The molecule has 2 aliphatic heterocycles. The summed E-state index contributed by atoms with van der Waals surface area (Å²) in [6.45, 7) is 1.25. The van der Waals surface area contributed by atoms with Crippen molar-refractivity contribution in [2.24, 2.45) is 0 Å². The molecule has 146 valence electrons. The van der Waals surface area contributed by atoms with Crippen molar-refractivity contribution >= 4 is 17.5 Å². The Bertz CT molecular complexity index is 932. The van der Waals surface area contributed by atoms with Gasteiger partial charge in [-0.15, -0.1) is 0 Å². The highest BCUT2D eigenvalue weighted by molar-refractivity contribution is 6.05. The maximum Gasteiger partial charge on any atom is 0.257 e. The predicted molar refractivity (Wildman–Crippen MR) is 99.5 cm³/mol. The number of hydrogen-bond acceptors (Lipinski definition) is 3. The summed E-state index contributed by atoms with van der Waals surface area (Å²) in [6, 6.07) is 7.97. The van der Waals surface area contributed by atoms with Crippen molar-refractivity contribution in [1.29, 1.82) is 0 Å². The Morgan fingerprint density at radius 1 is 1.07 bits per heavy atom. The lowest BCUT2D eigenvalue weighted by atomic mass is 9.97. The fourth-order valence-electron chi connectivity index (χ4n) is 3.77. The minimum Gasteiger partial charge on any atom is -0.493 e. The number of carbonyl (C=O) groups excluding carboxylic acids is 2. The van der Waals surface area contributed by atoms with Gasteiger partial charge in [0.15, 0.2) is 11.6 Å². The van der Waals surface area contributed by atoms with E-state index in [4.69, 9.17) is 4.74 Å². The summed E-state index contributed by atoms with van der Waals surface area (Å²) < 4.78 is 32.2. The lowest BCUT2D eigenvalue weighted by Crippen LogP contribution is -2.45. The number of halogens is 2. The van der Waals surface area contributed by atoms with Crippen molar-refractivity contribution in [3.63, 3.8) is 0 Å². The van der Waals surface area contributed by atoms with Crippen LogP contribution in [-0.4, -0.2) is 35.9 Å². The highest BCUT2D eigenvalue weighted by atomic mass is 19.2. The Hall–Kier alpha value is -2.96. The third kappa shape index (κ3) is 3.56. The summed E-state index contributed by atoms with van der Waals surface area (Å²) in [5.74, 6) is -2.32. The smallest absolute Gasteiger partial charge is 0.257 e. The van der Waals surface area contributed by atoms with Gasteiger partial charge in [-0.1, -0.05) is 0 Å². The Morgan fingerprint density at radius 2 is 1.93 bits per heavy atom. The SMILES string of the molecule is O=C(Nc1ccc2c(c1)C(=O)N1CCCCC1CCO2)c1ccc(F)c(F)c1. The van der Waals surface area contributed by atoms with E-state index in [1.807, 2.05) is 4.90 Å². The minimum absolute atomic E-state index is 0.00989. The van der Waals surface area contributed by atoms with Crippen LogP contribution in [0.4, 0.5) is 14.5 Å². The maximum atomic E-state index is 13.4. The van der Waals surface area contributed by atoms with Crippen molar-refractivity contribution in [3.05, 3.63) is 59.2 Å². The van der Waals surface area contributed by atoms with Gasteiger partial charge in [0, 0.05) is 30.3 Å². The van der Waals surface area contributed by atoms with E-state index in [0.717, 1.165) is 37.8 Å². The number of hydrogen-bond donors (Lipinski definition) is 1. The number of carbonyl (C=O) groups is 2. The Balaban J connectivity index is 1.59. The number of amides is 2. The second-order valence-electron chi connectivity index (χ2n) is 7.08. The number of nitrogens with one attached hydrogen (secondary N) is 1. The molecule has 1 atom stereocenters. The molecule has 0 radical (unpaired) electrons. The Labute approximate surface area is 161 Å². The summed E-state index contributed by atoms with van der Waals surface area (Å²) >= 11 is 0. The van der Waals surface area contributed by atoms with Gasteiger partial charge in [0.1, 0.15) is 5.75 Å². The standard InChI is InChI=1S/C21H20F2N2O3/c22-17-6-4-13(11-18(17)23)20(26)24-14-5-7-19-16(12-14)21(27)25-9-2-1-3-15(25)8-10-28-19/h4-7,11-12,15H,1-3,8-10H2,(H,24,26). The van der Waals surface area contributed by atoms with Gasteiger partial charge < -0.3 is 15.0 Å². The van der Waals surface area contributed by atoms with Crippen LogP contribution in [0, 0.1) is 11.6 Å². The zero-order valence-electron chi connectivity index (χ0n) is 15.2. The maximum absolute atomic E-state index is 13.4. The Kier molecular flexibility index (Phi) is 4.98. The van der Waals surface area contributed by atoms with E-state index in [9.17, 15) is 18.4 Å². The molecule has 7 heteroatoms. The van der Waals surface area contributed by atoms with Crippen LogP contribution in [0.1, 0.15) is 46.4 Å². The van der Waals surface area contributed by atoms with E-state index in [0.29, 0.717) is 30.2 Å². The van der Waals surface area contributed by atoms with E-state index in [1.54, 1.807) is 18.2 Å². The molecule has 0 saturated carbocycles. The van der Waals surface area contributed by atoms with Gasteiger partial charge in [-0.2, -0.15) is 0 Å². The van der Waals surface area contributed by atoms with Crippen LogP contribution in [0.3, 0.4) is 0 Å². The number of nitrogens with zero attached hydrogens (tertiary/aromatic N) is 1. The highest BCUT2D eigenvalue weighted by Gasteiger charge is 2.31. The molecule has 1 N–H and O–H groups in total. The van der Waals surface area contributed by atoms with E-state index < -0.39 is 17.5 Å². The first-order valence-corrected chi connectivity index (χ1v) is 9.37. The van der Waals surface area contributed by atoms with Crippen molar-refractivity contribution in [1.82, 2.24) is 4.90 Å². The summed E-state index contributed by atoms with van der Waals surface area (Å²) in [6.07, 6.45) is 3.85. The van der Waals surface area contributed by atoms with E-state index in [2.05, 4.69) is 5.32 Å². The Morgan fingerprint density at radius 3 is 2.75 bits per heavy atom. The number of ether oxygens (including phenoxy) is 1. The van der Waals surface area contributed by atoms with Crippen LogP contribution in [0.25, 0.3) is 0 Å². The zero-order chi connectivity index (χ0) is 19.7. The third-order valence-corrected chi connectivity index (χ3v) is 5.25. The molecule has 2 amide bonds. The summed E-state index contributed by atoms with van der Waals surface area (Å²) in [5, 5.41) is 2.63. The predicted octanol–water partition coefficient (Wildman–Crippen LogP) is 3.99. The fourth-order valence-corrected chi connectivity index (χ4v) is 3.77. The lowest BCUT2D eigenvalue weighted by Gasteiger charge is -2.37. The first-order chi connectivity index (χ1) is 13.5. The molecule has 2 heterocycles. The molecule has 2 aromatic carbocycles. The first-order valence-electron chi connectivity index (χ1n) is 9.37. The first kappa shape index (κ1) is 18.4. The lowest BCUT2D eigenvalue weighted by molar-refractivity contribution is 0.0548. The van der Waals surface area contributed by atoms with Gasteiger partial charge >= 0.3 is 0 Å². The average molecular weight is 386 g/mol. The topological polar surface area (TPSA) is 58.6 Å². The number of piperidine rings is 1. The zero-order valence-corrected chi connectivity index (χ0v) is 15.2. The molecule has 1 fully saturated rings. The second-order valence-corrected chi connectivity index (χ2v) is 7.08. The van der Waals surface area contributed by atoms with Crippen LogP contribution in [0.15, 0.2) is 36.4 Å². The number of fused-ring (bicyclic) bond motifs is 2. The molecular formula is C21H20F2N2O3. The van der Waals surface area contributed by atoms with Gasteiger partial charge in [0.25, 0.3) is 11.8 Å².